The van der Waals surface area contributed by atoms with Crippen molar-refractivity contribution >= 4 is 17.8 Å². The van der Waals surface area contributed by atoms with Gasteiger partial charge in [-0.2, -0.15) is 0 Å². The van der Waals surface area contributed by atoms with E-state index in [1.807, 2.05) is 24.3 Å². The Balaban J connectivity index is 1.95. The first-order chi connectivity index (χ1) is 11.2. The standard InChI is InChI=1S/C21H23OP/c1-16-19-14-8-9-15-20(19)23(22,18-12-6-3-7-13-18)21(16)17-10-4-2-5-11-17/h2-7,10-13,19-20H,8-9,14-15H2,1H3/t19-,20-,23-/m0/s1. The van der Waals surface area contributed by atoms with Crippen LogP contribution in [0.5, 0.6) is 0 Å². The van der Waals surface area contributed by atoms with E-state index in [2.05, 4.69) is 43.3 Å². The molecule has 0 amide bonds. The predicted octanol–water partition coefficient (Wildman–Crippen LogP) is 5.68. The third-order valence-electron chi connectivity index (χ3n) is 5.65. The molecule has 0 spiro atoms. The summed E-state index contributed by atoms with van der Waals surface area (Å²) in [6.07, 6.45) is 4.79. The summed E-state index contributed by atoms with van der Waals surface area (Å²) in [7, 11) is -2.56. The number of benzene rings is 2. The van der Waals surface area contributed by atoms with Crippen molar-refractivity contribution in [3.63, 3.8) is 0 Å². The molecule has 0 unspecified atom stereocenters. The van der Waals surface area contributed by atoms with Gasteiger partial charge in [-0.05, 0) is 31.2 Å². The fourth-order valence-corrected chi connectivity index (χ4v) is 8.88. The molecule has 1 aliphatic heterocycles. The van der Waals surface area contributed by atoms with E-state index in [0.29, 0.717) is 11.6 Å². The van der Waals surface area contributed by atoms with Crippen molar-refractivity contribution < 1.29 is 4.57 Å². The Morgan fingerprint density at radius 2 is 1.48 bits per heavy atom. The highest BCUT2D eigenvalue weighted by Crippen LogP contribution is 2.72. The molecule has 2 heteroatoms. The van der Waals surface area contributed by atoms with Gasteiger partial charge in [-0.25, -0.2) is 0 Å². The van der Waals surface area contributed by atoms with E-state index in [1.54, 1.807) is 0 Å². The van der Waals surface area contributed by atoms with E-state index in [9.17, 15) is 4.57 Å². The molecule has 1 heterocycles. The lowest BCUT2D eigenvalue weighted by Crippen LogP contribution is -2.24. The molecule has 0 radical (unpaired) electrons. The van der Waals surface area contributed by atoms with Gasteiger partial charge in [-0.15, -0.1) is 0 Å². The van der Waals surface area contributed by atoms with Crippen LogP contribution in [0.3, 0.4) is 0 Å². The van der Waals surface area contributed by atoms with E-state index in [-0.39, 0.29) is 0 Å². The van der Waals surface area contributed by atoms with Gasteiger partial charge in [0, 0.05) is 16.3 Å². The summed E-state index contributed by atoms with van der Waals surface area (Å²) in [5.74, 6) is 0.505. The molecule has 1 nitrogen and oxygen atoms in total. The van der Waals surface area contributed by atoms with Gasteiger partial charge >= 0.3 is 0 Å². The number of rotatable bonds is 2. The Morgan fingerprint density at radius 1 is 0.870 bits per heavy atom. The molecule has 118 valence electrons. The highest BCUT2D eigenvalue weighted by atomic mass is 31.2. The van der Waals surface area contributed by atoms with Crippen LogP contribution < -0.4 is 5.30 Å². The summed E-state index contributed by atoms with van der Waals surface area (Å²) in [5.41, 5.74) is 2.86. The van der Waals surface area contributed by atoms with Crippen LogP contribution >= 0.6 is 7.14 Å². The number of hydrogen-bond acceptors (Lipinski definition) is 1. The lowest BCUT2D eigenvalue weighted by Gasteiger charge is -2.31. The molecule has 23 heavy (non-hydrogen) atoms. The van der Waals surface area contributed by atoms with Crippen molar-refractivity contribution in [1.82, 2.24) is 0 Å². The molecule has 0 saturated heterocycles. The summed E-state index contributed by atoms with van der Waals surface area (Å²) < 4.78 is 14.5. The molecule has 1 fully saturated rings. The summed E-state index contributed by atoms with van der Waals surface area (Å²) in [6.45, 7) is 2.23. The predicted molar refractivity (Wildman–Crippen MR) is 98.5 cm³/mol. The lowest BCUT2D eigenvalue weighted by atomic mass is 9.83. The van der Waals surface area contributed by atoms with E-state index in [1.165, 1.54) is 24.8 Å². The number of hydrogen-bond donors (Lipinski definition) is 0. The summed E-state index contributed by atoms with van der Waals surface area (Å²) in [5, 5.41) is 2.20. The average molecular weight is 322 g/mol. The number of allylic oxidation sites excluding steroid dienone is 1. The Morgan fingerprint density at radius 3 is 2.17 bits per heavy atom. The van der Waals surface area contributed by atoms with Crippen molar-refractivity contribution in [2.75, 3.05) is 0 Å². The first-order valence-electron chi connectivity index (χ1n) is 8.65. The van der Waals surface area contributed by atoms with Gasteiger partial charge in [0.25, 0.3) is 0 Å². The minimum absolute atomic E-state index is 0.314. The second-order valence-electron chi connectivity index (χ2n) is 6.85. The Kier molecular flexibility index (Phi) is 3.77. The lowest BCUT2D eigenvalue weighted by molar-refractivity contribution is 0.409. The minimum Gasteiger partial charge on any atom is -0.313 e. The van der Waals surface area contributed by atoms with E-state index in [0.717, 1.165) is 22.6 Å². The van der Waals surface area contributed by atoms with Crippen molar-refractivity contribution in [1.29, 1.82) is 0 Å². The van der Waals surface area contributed by atoms with Crippen molar-refractivity contribution in [2.24, 2.45) is 5.92 Å². The van der Waals surface area contributed by atoms with Crippen LogP contribution in [0.4, 0.5) is 0 Å². The third kappa shape index (κ3) is 2.25. The van der Waals surface area contributed by atoms with E-state index in [4.69, 9.17) is 0 Å². The smallest absolute Gasteiger partial charge is 0.147 e. The van der Waals surface area contributed by atoms with Crippen molar-refractivity contribution in [3.05, 3.63) is 71.8 Å². The van der Waals surface area contributed by atoms with Crippen LogP contribution in [-0.4, -0.2) is 5.66 Å². The largest absolute Gasteiger partial charge is 0.313 e. The van der Waals surface area contributed by atoms with Gasteiger partial charge in [0.15, 0.2) is 0 Å². The zero-order valence-corrected chi connectivity index (χ0v) is 14.5. The van der Waals surface area contributed by atoms with Crippen LogP contribution in [0, 0.1) is 5.92 Å². The Labute approximate surface area is 138 Å². The third-order valence-corrected chi connectivity index (χ3v) is 9.54. The normalized spacial score (nSPS) is 30.3. The van der Waals surface area contributed by atoms with Crippen LogP contribution in [0.25, 0.3) is 5.31 Å². The zero-order chi connectivity index (χ0) is 15.9. The monoisotopic (exact) mass is 322 g/mol. The van der Waals surface area contributed by atoms with Crippen LogP contribution in [0.15, 0.2) is 66.2 Å². The molecule has 2 aromatic rings. The van der Waals surface area contributed by atoms with Crippen LogP contribution in [-0.2, 0) is 4.57 Å². The van der Waals surface area contributed by atoms with Crippen LogP contribution in [0.1, 0.15) is 38.2 Å². The number of fused-ring (bicyclic) bond motifs is 1. The molecule has 3 atom stereocenters. The summed E-state index contributed by atoms with van der Waals surface area (Å²) >= 11 is 0. The minimum atomic E-state index is -2.56. The second kappa shape index (κ2) is 5.80. The summed E-state index contributed by atoms with van der Waals surface area (Å²) in [4.78, 5) is 0. The first kappa shape index (κ1) is 15.0. The maximum Gasteiger partial charge on any atom is 0.147 e. The van der Waals surface area contributed by atoms with Gasteiger partial charge in [-0.1, -0.05) is 79.1 Å². The molecule has 0 aromatic heterocycles. The van der Waals surface area contributed by atoms with Gasteiger partial charge < -0.3 is 4.57 Å². The van der Waals surface area contributed by atoms with Crippen LogP contribution in [0.2, 0.25) is 0 Å². The van der Waals surface area contributed by atoms with Gasteiger partial charge in [-0.3, -0.25) is 0 Å². The van der Waals surface area contributed by atoms with Gasteiger partial charge in [0.2, 0.25) is 0 Å². The SMILES string of the molecule is CC1=C(c2ccccc2)[P@](=O)(c2ccccc2)[C@H]2CCCC[C@@H]12. The topological polar surface area (TPSA) is 17.1 Å². The molecule has 2 aliphatic rings. The fourth-order valence-electron chi connectivity index (χ4n) is 4.64. The van der Waals surface area contributed by atoms with Gasteiger partial charge in [0.1, 0.15) is 7.14 Å². The highest BCUT2D eigenvalue weighted by Gasteiger charge is 2.50. The molecule has 0 N–H and O–H groups in total. The van der Waals surface area contributed by atoms with Gasteiger partial charge in [0.05, 0.1) is 0 Å². The molecule has 0 bridgehead atoms. The Hall–Kier alpha value is -1.59. The molecular weight excluding hydrogens is 299 g/mol. The quantitative estimate of drug-likeness (QED) is 0.650. The summed E-state index contributed by atoms with van der Waals surface area (Å²) in [6, 6.07) is 20.7. The molecule has 1 aliphatic carbocycles. The van der Waals surface area contributed by atoms with Crippen molar-refractivity contribution in [2.45, 2.75) is 38.3 Å². The Bertz CT molecular complexity index is 776. The van der Waals surface area contributed by atoms with E-state index >= 15 is 0 Å². The molecule has 2 aromatic carbocycles. The van der Waals surface area contributed by atoms with E-state index < -0.39 is 7.14 Å². The molecule has 4 rings (SSSR count). The maximum atomic E-state index is 14.5. The average Bonchev–Trinajstić information content (AvgIpc) is 2.86. The molecular formula is C21H23OP. The fraction of sp³-hybridized carbons (Fsp3) is 0.333. The highest BCUT2D eigenvalue weighted by molar-refractivity contribution is 7.82. The zero-order valence-electron chi connectivity index (χ0n) is 13.6. The molecule has 1 saturated carbocycles. The maximum absolute atomic E-state index is 14.5. The second-order valence-corrected chi connectivity index (χ2v) is 9.79. The first-order valence-corrected chi connectivity index (χ1v) is 10.4. The van der Waals surface area contributed by atoms with Crippen molar-refractivity contribution in [3.8, 4) is 0 Å².